The molecule has 1 aromatic rings. The van der Waals surface area contributed by atoms with Gasteiger partial charge < -0.3 is 10.6 Å². The molecule has 2 aliphatic heterocycles. The smallest absolute Gasteiger partial charge is 0.166 e. The maximum Gasteiger partial charge on any atom is 0.166 e. The van der Waals surface area contributed by atoms with E-state index in [1.165, 1.54) is 31.2 Å². The molecule has 2 fully saturated rings. The summed E-state index contributed by atoms with van der Waals surface area (Å²) in [4.78, 5) is 2.71. The highest BCUT2D eigenvalue weighted by Gasteiger charge is 2.40. The summed E-state index contributed by atoms with van der Waals surface area (Å²) >= 11 is 5.33. The molecule has 1 aromatic carbocycles. The molecule has 0 aromatic heterocycles. The molecule has 0 radical (unpaired) electrons. The molecule has 21 heavy (non-hydrogen) atoms. The Hall–Kier alpha value is -1.13. The Morgan fingerprint density at radius 2 is 1.86 bits per heavy atom. The SMILES string of the molecule is CCNC(=S)NC1C[C@@H]2CC[C@@H](C1)N2Cc1ccccc1. The van der Waals surface area contributed by atoms with Gasteiger partial charge in [0.1, 0.15) is 0 Å². The van der Waals surface area contributed by atoms with Crippen molar-refractivity contribution >= 4 is 17.3 Å². The molecule has 2 N–H and O–H groups in total. The second-order valence-corrected chi connectivity index (χ2v) is 6.62. The van der Waals surface area contributed by atoms with Gasteiger partial charge >= 0.3 is 0 Å². The van der Waals surface area contributed by atoms with Crippen molar-refractivity contribution in [3.63, 3.8) is 0 Å². The molecule has 3 rings (SSSR count). The Bertz CT molecular complexity index is 462. The lowest BCUT2D eigenvalue weighted by Crippen LogP contribution is -2.51. The zero-order chi connectivity index (χ0) is 14.7. The number of benzene rings is 1. The normalized spacial score (nSPS) is 28.3. The number of nitrogens with one attached hydrogen (secondary N) is 2. The van der Waals surface area contributed by atoms with E-state index in [9.17, 15) is 0 Å². The van der Waals surface area contributed by atoms with E-state index in [0.29, 0.717) is 18.1 Å². The first kappa shape index (κ1) is 14.8. The fraction of sp³-hybridized carbons (Fsp3) is 0.588. The molecule has 2 saturated heterocycles. The summed E-state index contributed by atoms with van der Waals surface area (Å²) in [7, 11) is 0. The van der Waals surface area contributed by atoms with Crippen molar-refractivity contribution in [3.8, 4) is 0 Å². The predicted molar refractivity (Wildman–Crippen MR) is 91.2 cm³/mol. The van der Waals surface area contributed by atoms with Crippen LogP contribution in [0.25, 0.3) is 0 Å². The Morgan fingerprint density at radius 3 is 2.48 bits per heavy atom. The Balaban J connectivity index is 1.58. The zero-order valence-electron chi connectivity index (χ0n) is 12.7. The van der Waals surface area contributed by atoms with Crippen molar-refractivity contribution in [2.24, 2.45) is 0 Å². The summed E-state index contributed by atoms with van der Waals surface area (Å²) in [5, 5.41) is 7.52. The number of piperidine rings is 1. The van der Waals surface area contributed by atoms with Gasteiger partial charge in [-0.15, -0.1) is 0 Å². The summed E-state index contributed by atoms with van der Waals surface area (Å²) in [6.45, 7) is 4.08. The molecule has 4 heteroatoms. The van der Waals surface area contributed by atoms with Crippen LogP contribution in [0, 0.1) is 0 Å². The van der Waals surface area contributed by atoms with Gasteiger partial charge in [-0.2, -0.15) is 0 Å². The summed E-state index contributed by atoms with van der Waals surface area (Å²) in [5.74, 6) is 0. The van der Waals surface area contributed by atoms with Crippen LogP contribution < -0.4 is 10.6 Å². The van der Waals surface area contributed by atoms with Crippen LogP contribution in [0.4, 0.5) is 0 Å². The third kappa shape index (κ3) is 3.55. The Labute approximate surface area is 133 Å². The molecule has 3 nitrogen and oxygen atoms in total. The summed E-state index contributed by atoms with van der Waals surface area (Å²) in [6.07, 6.45) is 5.11. The van der Waals surface area contributed by atoms with E-state index in [2.05, 4.69) is 52.8 Å². The van der Waals surface area contributed by atoms with Gasteiger partial charge in [0.05, 0.1) is 0 Å². The van der Waals surface area contributed by atoms with Gasteiger partial charge in [0.2, 0.25) is 0 Å². The number of thiocarbonyl (C=S) groups is 1. The Kier molecular flexibility index (Phi) is 4.76. The van der Waals surface area contributed by atoms with Crippen LogP contribution in [-0.4, -0.2) is 34.7 Å². The fourth-order valence-electron chi connectivity index (χ4n) is 3.84. The quantitative estimate of drug-likeness (QED) is 0.836. The molecular weight excluding hydrogens is 278 g/mol. The van der Waals surface area contributed by atoms with Gasteiger partial charge in [-0.3, -0.25) is 4.90 Å². The molecule has 0 aliphatic carbocycles. The van der Waals surface area contributed by atoms with Crippen LogP contribution in [0.15, 0.2) is 30.3 Å². The second kappa shape index (κ2) is 6.75. The van der Waals surface area contributed by atoms with E-state index in [0.717, 1.165) is 18.2 Å². The van der Waals surface area contributed by atoms with E-state index in [-0.39, 0.29) is 0 Å². The number of nitrogens with zero attached hydrogens (tertiary/aromatic N) is 1. The minimum absolute atomic E-state index is 0.543. The lowest BCUT2D eigenvalue weighted by Gasteiger charge is -2.39. The topological polar surface area (TPSA) is 27.3 Å². The molecule has 2 atom stereocenters. The number of rotatable bonds is 4. The molecule has 2 bridgehead atoms. The first-order valence-corrected chi connectivity index (χ1v) is 8.51. The molecule has 114 valence electrons. The highest BCUT2D eigenvalue weighted by atomic mass is 32.1. The van der Waals surface area contributed by atoms with Crippen LogP contribution in [-0.2, 0) is 6.54 Å². The average molecular weight is 303 g/mol. The van der Waals surface area contributed by atoms with E-state index < -0.39 is 0 Å². The van der Waals surface area contributed by atoms with Gasteiger partial charge in [-0.1, -0.05) is 30.3 Å². The third-order valence-corrected chi connectivity index (χ3v) is 5.03. The van der Waals surface area contributed by atoms with Crippen LogP contribution in [0.5, 0.6) is 0 Å². The van der Waals surface area contributed by atoms with Crippen molar-refractivity contribution in [3.05, 3.63) is 35.9 Å². The standard InChI is InChI=1S/C17H25N3S/c1-2-18-17(21)19-14-10-15-8-9-16(11-14)20(15)12-13-6-4-3-5-7-13/h3-7,14-16H,2,8-12H2,1H3,(H2,18,19,21)/t15-,16-/m0/s1. The van der Waals surface area contributed by atoms with E-state index in [4.69, 9.17) is 12.2 Å². The van der Waals surface area contributed by atoms with Crippen molar-refractivity contribution in [1.82, 2.24) is 15.5 Å². The van der Waals surface area contributed by atoms with Crippen molar-refractivity contribution in [2.45, 2.75) is 57.3 Å². The molecule has 0 amide bonds. The lowest BCUT2D eigenvalue weighted by atomic mass is 9.96. The fourth-order valence-corrected chi connectivity index (χ4v) is 4.15. The first-order chi connectivity index (χ1) is 10.3. The summed E-state index contributed by atoms with van der Waals surface area (Å²) in [6, 6.07) is 12.8. The minimum Gasteiger partial charge on any atom is -0.363 e. The minimum atomic E-state index is 0.543. The number of hydrogen-bond acceptors (Lipinski definition) is 2. The monoisotopic (exact) mass is 303 g/mol. The van der Waals surface area contributed by atoms with E-state index in [1.807, 2.05) is 0 Å². The van der Waals surface area contributed by atoms with Gasteiger partial charge in [0.15, 0.2) is 5.11 Å². The van der Waals surface area contributed by atoms with Gasteiger partial charge in [0.25, 0.3) is 0 Å². The second-order valence-electron chi connectivity index (χ2n) is 6.22. The molecular formula is C17H25N3S. The van der Waals surface area contributed by atoms with Crippen molar-refractivity contribution in [1.29, 1.82) is 0 Å². The van der Waals surface area contributed by atoms with Gasteiger partial charge in [-0.25, -0.2) is 0 Å². The highest BCUT2D eigenvalue weighted by molar-refractivity contribution is 7.80. The maximum atomic E-state index is 5.33. The Morgan fingerprint density at radius 1 is 1.19 bits per heavy atom. The molecule has 0 saturated carbocycles. The highest BCUT2D eigenvalue weighted by Crippen LogP contribution is 2.36. The molecule has 0 unspecified atom stereocenters. The van der Waals surface area contributed by atoms with E-state index >= 15 is 0 Å². The zero-order valence-corrected chi connectivity index (χ0v) is 13.5. The first-order valence-electron chi connectivity index (χ1n) is 8.10. The summed E-state index contributed by atoms with van der Waals surface area (Å²) in [5.41, 5.74) is 1.43. The molecule has 2 heterocycles. The van der Waals surface area contributed by atoms with Crippen molar-refractivity contribution in [2.75, 3.05) is 6.54 Å². The van der Waals surface area contributed by atoms with Crippen molar-refractivity contribution < 1.29 is 0 Å². The van der Waals surface area contributed by atoms with Gasteiger partial charge in [0, 0.05) is 31.2 Å². The molecule has 2 aliphatic rings. The van der Waals surface area contributed by atoms with Crippen LogP contribution >= 0.6 is 12.2 Å². The number of fused-ring (bicyclic) bond motifs is 2. The molecule has 0 spiro atoms. The third-order valence-electron chi connectivity index (χ3n) is 4.76. The summed E-state index contributed by atoms with van der Waals surface area (Å²) < 4.78 is 0. The lowest BCUT2D eigenvalue weighted by molar-refractivity contribution is 0.115. The van der Waals surface area contributed by atoms with E-state index in [1.54, 1.807) is 0 Å². The predicted octanol–water partition coefficient (Wildman–Crippen LogP) is 2.67. The van der Waals surface area contributed by atoms with Crippen LogP contribution in [0.2, 0.25) is 0 Å². The maximum absolute atomic E-state index is 5.33. The largest absolute Gasteiger partial charge is 0.363 e. The number of hydrogen-bond donors (Lipinski definition) is 2. The van der Waals surface area contributed by atoms with Gasteiger partial charge in [-0.05, 0) is 50.4 Å². The average Bonchev–Trinajstić information content (AvgIpc) is 2.71. The van der Waals surface area contributed by atoms with Crippen LogP contribution in [0.3, 0.4) is 0 Å². The van der Waals surface area contributed by atoms with Crippen LogP contribution in [0.1, 0.15) is 38.2 Å².